The van der Waals surface area contributed by atoms with Crippen molar-refractivity contribution in [3.8, 4) is 0 Å². The zero-order chi connectivity index (χ0) is 17.8. The van der Waals surface area contributed by atoms with Crippen molar-refractivity contribution in [3.05, 3.63) is 35.4 Å². The van der Waals surface area contributed by atoms with Gasteiger partial charge < -0.3 is 16.0 Å². The third-order valence-corrected chi connectivity index (χ3v) is 4.25. The summed E-state index contributed by atoms with van der Waals surface area (Å²) in [5.41, 5.74) is 5.66. The van der Waals surface area contributed by atoms with Crippen molar-refractivity contribution in [1.29, 1.82) is 0 Å². The summed E-state index contributed by atoms with van der Waals surface area (Å²) in [6.45, 7) is 0.826. The maximum Gasteiger partial charge on any atom is 0.314 e. The molecule has 0 radical (unpaired) electrons. The number of urea groups is 1. The van der Waals surface area contributed by atoms with Crippen LogP contribution in [0.25, 0.3) is 0 Å². The van der Waals surface area contributed by atoms with Crippen LogP contribution in [-0.2, 0) is 11.2 Å². The van der Waals surface area contributed by atoms with Crippen LogP contribution in [0.3, 0.4) is 0 Å². The molecule has 0 spiro atoms. The molecule has 11 heteroatoms. The molecule has 0 unspecified atom stereocenters. The van der Waals surface area contributed by atoms with Gasteiger partial charge in [0.15, 0.2) is 5.13 Å². The third kappa shape index (κ3) is 4.26. The first-order chi connectivity index (χ1) is 12.0. The van der Waals surface area contributed by atoms with Gasteiger partial charge in [0, 0.05) is 30.9 Å². The van der Waals surface area contributed by atoms with Crippen molar-refractivity contribution in [2.75, 3.05) is 18.4 Å². The number of thiazole rings is 1. The Labute approximate surface area is 146 Å². The molecule has 25 heavy (non-hydrogen) atoms. The molecule has 3 heterocycles. The summed E-state index contributed by atoms with van der Waals surface area (Å²) < 4.78 is 0. The Hall–Kier alpha value is -3.08. The molecular weight excluding hydrogens is 346 g/mol. The van der Waals surface area contributed by atoms with Gasteiger partial charge in [-0.15, -0.1) is 11.3 Å². The molecule has 1 fully saturated rings. The maximum absolute atomic E-state index is 12.0. The SMILES string of the molecule is NC(=O)N1CC(NC(=O)Cc2csc(NC(=O)c3ncccn3)n2)C1. The van der Waals surface area contributed by atoms with Gasteiger partial charge in [0.25, 0.3) is 5.91 Å². The highest BCUT2D eigenvalue weighted by atomic mass is 32.1. The van der Waals surface area contributed by atoms with E-state index in [9.17, 15) is 14.4 Å². The lowest BCUT2D eigenvalue weighted by atomic mass is 10.1. The van der Waals surface area contributed by atoms with E-state index in [1.807, 2.05) is 0 Å². The second-order valence-corrected chi connectivity index (χ2v) is 6.21. The average molecular weight is 361 g/mol. The van der Waals surface area contributed by atoms with Crippen LogP contribution >= 0.6 is 11.3 Å². The molecule has 130 valence electrons. The van der Waals surface area contributed by atoms with E-state index in [0.29, 0.717) is 23.9 Å². The Morgan fingerprint density at radius 3 is 2.68 bits per heavy atom. The molecule has 0 atom stereocenters. The number of likely N-dealkylation sites (tertiary alicyclic amines) is 1. The van der Waals surface area contributed by atoms with Gasteiger partial charge in [0.1, 0.15) is 0 Å². The number of nitrogens with one attached hydrogen (secondary N) is 2. The molecule has 4 amide bonds. The monoisotopic (exact) mass is 361 g/mol. The lowest BCUT2D eigenvalue weighted by Gasteiger charge is -2.38. The third-order valence-electron chi connectivity index (χ3n) is 3.44. The Morgan fingerprint density at radius 2 is 2.00 bits per heavy atom. The first kappa shape index (κ1) is 16.8. The number of carbonyl (C=O) groups excluding carboxylic acids is 3. The van der Waals surface area contributed by atoms with Gasteiger partial charge in [-0.05, 0) is 6.07 Å². The number of carbonyl (C=O) groups is 3. The minimum absolute atomic E-state index is 0.0426. The van der Waals surface area contributed by atoms with Crippen molar-refractivity contribution >= 4 is 34.3 Å². The maximum atomic E-state index is 12.0. The van der Waals surface area contributed by atoms with E-state index in [1.165, 1.54) is 28.6 Å². The van der Waals surface area contributed by atoms with E-state index in [-0.39, 0.29) is 24.2 Å². The lowest BCUT2D eigenvalue weighted by Crippen LogP contribution is -2.62. The summed E-state index contributed by atoms with van der Waals surface area (Å²) in [4.78, 5) is 48.1. The molecule has 4 N–H and O–H groups in total. The number of primary amides is 1. The van der Waals surface area contributed by atoms with Crippen molar-refractivity contribution < 1.29 is 14.4 Å². The number of amides is 4. The van der Waals surface area contributed by atoms with E-state index < -0.39 is 11.9 Å². The molecule has 2 aromatic rings. The summed E-state index contributed by atoms with van der Waals surface area (Å²) >= 11 is 1.21. The molecule has 0 bridgehead atoms. The summed E-state index contributed by atoms with van der Waals surface area (Å²) in [5.74, 6) is -0.628. The van der Waals surface area contributed by atoms with Crippen molar-refractivity contribution in [3.63, 3.8) is 0 Å². The van der Waals surface area contributed by atoms with Gasteiger partial charge in [-0.1, -0.05) is 0 Å². The highest BCUT2D eigenvalue weighted by Crippen LogP contribution is 2.16. The number of aromatic nitrogens is 3. The van der Waals surface area contributed by atoms with Crippen LogP contribution in [0.5, 0.6) is 0 Å². The predicted octanol–water partition coefficient (Wildman–Crippen LogP) is -0.393. The Morgan fingerprint density at radius 1 is 1.28 bits per heavy atom. The van der Waals surface area contributed by atoms with Crippen LogP contribution in [0, 0.1) is 0 Å². The second kappa shape index (κ2) is 7.21. The molecule has 0 aromatic carbocycles. The van der Waals surface area contributed by atoms with Gasteiger partial charge in [-0.2, -0.15) is 0 Å². The van der Waals surface area contributed by atoms with Gasteiger partial charge in [0.05, 0.1) is 18.2 Å². The standard InChI is InChI=1S/C14H15N7O3S/c15-13(24)21-5-9(6-21)18-10(22)4-8-7-25-14(19-8)20-12(23)11-16-2-1-3-17-11/h1-3,7,9H,4-6H2,(H2,15,24)(H,18,22)(H,19,20,23). The van der Waals surface area contributed by atoms with E-state index in [1.54, 1.807) is 11.4 Å². The van der Waals surface area contributed by atoms with Gasteiger partial charge in [0.2, 0.25) is 11.7 Å². The minimum atomic E-state index is -0.493. The van der Waals surface area contributed by atoms with Crippen LogP contribution in [0.2, 0.25) is 0 Å². The summed E-state index contributed by atoms with van der Waals surface area (Å²) in [6, 6.07) is 1.03. The quantitative estimate of drug-likeness (QED) is 0.661. The highest BCUT2D eigenvalue weighted by Gasteiger charge is 2.30. The Balaban J connectivity index is 1.48. The second-order valence-electron chi connectivity index (χ2n) is 5.35. The molecule has 0 saturated carbocycles. The zero-order valence-corrected chi connectivity index (χ0v) is 13.8. The zero-order valence-electron chi connectivity index (χ0n) is 13.0. The highest BCUT2D eigenvalue weighted by molar-refractivity contribution is 7.14. The summed E-state index contributed by atoms with van der Waals surface area (Å²) in [7, 11) is 0. The first-order valence-electron chi connectivity index (χ1n) is 7.38. The number of anilines is 1. The van der Waals surface area contributed by atoms with E-state index in [4.69, 9.17) is 5.73 Å². The molecule has 0 aliphatic carbocycles. The summed E-state index contributed by atoms with van der Waals surface area (Å²) in [5, 5.41) is 7.44. The molecule has 1 saturated heterocycles. The average Bonchev–Trinajstić information content (AvgIpc) is 2.97. The normalized spacial score (nSPS) is 13.8. The number of rotatable bonds is 5. The van der Waals surface area contributed by atoms with Crippen LogP contribution in [0.1, 0.15) is 16.3 Å². The van der Waals surface area contributed by atoms with Crippen LogP contribution < -0.4 is 16.4 Å². The topological polar surface area (TPSA) is 143 Å². The van der Waals surface area contributed by atoms with Gasteiger partial charge >= 0.3 is 6.03 Å². The molecule has 1 aliphatic heterocycles. The van der Waals surface area contributed by atoms with E-state index in [2.05, 4.69) is 25.6 Å². The Bertz CT molecular complexity index is 789. The largest absolute Gasteiger partial charge is 0.351 e. The fourth-order valence-electron chi connectivity index (χ4n) is 2.21. The predicted molar refractivity (Wildman–Crippen MR) is 88.9 cm³/mol. The van der Waals surface area contributed by atoms with E-state index in [0.717, 1.165) is 0 Å². The number of hydrogen-bond donors (Lipinski definition) is 3. The minimum Gasteiger partial charge on any atom is -0.351 e. The van der Waals surface area contributed by atoms with Crippen LogP contribution in [0.15, 0.2) is 23.8 Å². The first-order valence-corrected chi connectivity index (χ1v) is 8.26. The number of nitrogens with zero attached hydrogens (tertiary/aromatic N) is 4. The fourth-order valence-corrected chi connectivity index (χ4v) is 2.91. The number of hydrogen-bond acceptors (Lipinski definition) is 7. The van der Waals surface area contributed by atoms with Crippen molar-refractivity contribution in [1.82, 2.24) is 25.2 Å². The fraction of sp³-hybridized carbons (Fsp3) is 0.286. The van der Waals surface area contributed by atoms with Gasteiger partial charge in [-0.3, -0.25) is 14.9 Å². The molecule has 3 rings (SSSR count). The number of nitrogens with two attached hydrogens (primary N) is 1. The van der Waals surface area contributed by atoms with Crippen molar-refractivity contribution in [2.45, 2.75) is 12.5 Å². The lowest BCUT2D eigenvalue weighted by molar-refractivity contribution is -0.122. The molecular formula is C14H15N7O3S. The van der Waals surface area contributed by atoms with Crippen LogP contribution in [-0.4, -0.2) is 56.8 Å². The molecule has 10 nitrogen and oxygen atoms in total. The van der Waals surface area contributed by atoms with E-state index >= 15 is 0 Å². The molecule has 1 aliphatic rings. The molecule has 2 aromatic heterocycles. The van der Waals surface area contributed by atoms with Gasteiger partial charge in [-0.25, -0.2) is 19.7 Å². The van der Waals surface area contributed by atoms with Crippen LogP contribution in [0.4, 0.5) is 9.93 Å². The summed E-state index contributed by atoms with van der Waals surface area (Å²) in [6.07, 6.45) is 3.03. The van der Waals surface area contributed by atoms with Crippen molar-refractivity contribution in [2.24, 2.45) is 5.73 Å². The Kier molecular flexibility index (Phi) is 4.84. The smallest absolute Gasteiger partial charge is 0.314 e.